The molecule has 3 aliphatic heterocycles. The summed E-state index contributed by atoms with van der Waals surface area (Å²) in [6, 6.07) is 75.2. The lowest BCUT2D eigenvalue weighted by Gasteiger charge is -2.37. The van der Waals surface area contributed by atoms with Gasteiger partial charge in [-0.3, -0.25) is 0 Å². The number of hydrogen-bond acceptors (Lipinski definition) is 22. The van der Waals surface area contributed by atoms with Gasteiger partial charge in [0.05, 0.1) is 35.2 Å². The summed E-state index contributed by atoms with van der Waals surface area (Å²) in [5.41, 5.74) is 8.67. The average Bonchev–Trinajstić information content (AvgIpc) is 1.67. The van der Waals surface area contributed by atoms with Gasteiger partial charge in [-0.2, -0.15) is 22.1 Å². The van der Waals surface area contributed by atoms with Crippen LogP contribution in [0.25, 0.3) is 17.1 Å². The van der Waals surface area contributed by atoms with Crippen molar-refractivity contribution in [1.29, 1.82) is 0 Å². The molecule has 3 fully saturated rings. The van der Waals surface area contributed by atoms with Crippen LogP contribution in [0, 0.1) is 0 Å². The molecule has 30 heteroatoms. The first-order valence-electron chi connectivity index (χ1n) is 41.4. The number of phenolic OH excluding ortho intramolecular Hbond substituents is 3. The number of ether oxygens (including phenoxy) is 3. The first-order valence-corrected chi connectivity index (χ1v) is 43.1. The van der Waals surface area contributed by atoms with Gasteiger partial charge in [0, 0.05) is 150 Å². The number of para-hydroxylation sites is 3. The van der Waals surface area contributed by atoms with Crippen LogP contribution < -0.4 is 76.6 Å². The zero-order valence-electron chi connectivity index (χ0n) is 69.8. The van der Waals surface area contributed by atoms with E-state index in [-0.39, 0.29) is 70.6 Å². The van der Waals surface area contributed by atoms with Crippen LogP contribution in [0.1, 0.15) is 59.7 Å². The summed E-state index contributed by atoms with van der Waals surface area (Å²) in [6.07, 6.45) is 4.78. The predicted octanol–water partition coefficient (Wildman–Crippen LogP) is 12.8. The van der Waals surface area contributed by atoms with Crippen molar-refractivity contribution in [1.82, 2.24) is 59.0 Å². The number of nitrogens with zero attached hydrogens (tertiary/aromatic N) is 15. The quantitative estimate of drug-likeness (QED) is 0.0139. The van der Waals surface area contributed by atoms with E-state index in [4.69, 9.17) is 14.2 Å². The molecule has 0 saturated carbocycles. The van der Waals surface area contributed by atoms with Crippen LogP contribution in [0.5, 0.6) is 34.5 Å². The third-order valence-electron chi connectivity index (χ3n) is 22.1. The highest BCUT2D eigenvalue weighted by Gasteiger charge is 2.26. The second-order valence-electron chi connectivity index (χ2n) is 30.2. The summed E-state index contributed by atoms with van der Waals surface area (Å²) in [5.74, 6) is 3.39. The molecule has 6 atom stereocenters. The molecule has 0 bridgehead atoms. The molecule has 0 amide bonds. The van der Waals surface area contributed by atoms with E-state index in [0.717, 1.165) is 147 Å². The van der Waals surface area contributed by atoms with Crippen LogP contribution in [-0.4, -0.2) is 198 Å². The summed E-state index contributed by atoms with van der Waals surface area (Å²) >= 11 is 6.77. The third kappa shape index (κ3) is 24.8. The van der Waals surface area contributed by atoms with Gasteiger partial charge in [0.1, 0.15) is 73.3 Å². The zero-order valence-corrected chi connectivity index (χ0v) is 72.8. The van der Waals surface area contributed by atoms with Gasteiger partial charge in [0.15, 0.2) is 0 Å². The van der Waals surface area contributed by atoms with Gasteiger partial charge in [-0.25, -0.2) is 42.1 Å². The molecular formula is C91H111BIN18O9S-. The summed E-state index contributed by atoms with van der Waals surface area (Å²) in [6.45, 7) is 28.6. The van der Waals surface area contributed by atoms with Gasteiger partial charge < -0.3 is 109 Å². The second kappa shape index (κ2) is 44.0. The Morgan fingerprint density at radius 3 is 0.711 bits per heavy atom. The molecule has 3 aliphatic rings. The Balaban J connectivity index is 0.000000162. The smallest absolute Gasteiger partial charge is 0.350 e. The molecule has 15 rings (SSSR count). The second-order valence-corrected chi connectivity index (χ2v) is 33.6. The molecule has 6 heterocycles. The van der Waals surface area contributed by atoms with E-state index in [1.54, 1.807) is 69.1 Å². The molecule has 3 aromatic heterocycles. The lowest BCUT2D eigenvalue weighted by atomic mass is 10.2. The third-order valence-corrected chi connectivity index (χ3v) is 22.1. The molecule has 0 radical (unpaired) electrons. The number of aromatic hydroxyl groups is 3. The van der Waals surface area contributed by atoms with Gasteiger partial charge in [-0.1, -0.05) is 54.6 Å². The lowest BCUT2D eigenvalue weighted by molar-refractivity contribution is 0.287. The van der Waals surface area contributed by atoms with Crippen LogP contribution in [0.3, 0.4) is 0 Å². The number of phenols is 3. The molecule has 0 aliphatic carbocycles. The van der Waals surface area contributed by atoms with E-state index < -0.39 is 0 Å². The largest absolute Gasteiger partial charge is 0.508 e. The maximum Gasteiger partial charge on any atom is 0.350 e. The first kappa shape index (κ1) is 88.6. The molecule has 636 valence electrons. The average molecular weight is 1770 g/mol. The maximum absolute atomic E-state index is 13.2. The number of rotatable bonds is 30. The molecular weight excluding hydrogens is 1660 g/mol. The van der Waals surface area contributed by atoms with Crippen molar-refractivity contribution in [2.75, 3.05) is 147 Å². The van der Waals surface area contributed by atoms with Gasteiger partial charge in [-0.15, -0.1) is 0 Å². The molecule has 9 aromatic carbocycles. The Hall–Kier alpha value is -11.7. The molecule has 0 unspecified atom stereocenters. The van der Waals surface area contributed by atoms with Gasteiger partial charge >= 0.3 is 17.1 Å². The Kier molecular flexibility index (Phi) is 32.2. The SMILES string of the molecule is C[B-](=S)I.C[C@@H](NCCOc1ccccc1)[C@H](C)n1ncn(-c2ccc(N3CCN(c4ccc(O)cc4)CC3)cc2)c1=O.C[C@H](NCCOc1ccccc1)[C@H](C)n1ncn(-c2ccc(N3CCN(c4ccc(O)cc4)CC3)cc2)c1=O.C[C@H]([C@@H](C)NCCOc1ccccc1)n1ncn(-c2ccc(N3CCN(c4ccc(O)cc4)CC3)cc2)c1=O. The minimum atomic E-state index is -0.160. The highest BCUT2D eigenvalue weighted by atomic mass is 127. The van der Waals surface area contributed by atoms with Crippen molar-refractivity contribution >= 4 is 72.0 Å². The summed E-state index contributed by atoms with van der Waals surface area (Å²) < 4.78 is 27.0. The van der Waals surface area contributed by atoms with E-state index in [0.29, 0.717) is 42.9 Å². The van der Waals surface area contributed by atoms with E-state index in [9.17, 15) is 29.7 Å². The molecule has 3 saturated heterocycles. The summed E-state index contributed by atoms with van der Waals surface area (Å²) in [5, 5.41) is 52.1. The van der Waals surface area contributed by atoms with Gasteiger partial charge in [-0.05, 0) is 227 Å². The number of hydrogen-bond donors (Lipinski definition) is 6. The Bertz CT molecular complexity index is 4780. The lowest BCUT2D eigenvalue weighted by Crippen LogP contribution is -2.46. The minimum absolute atomic E-state index is 0.0352. The number of aromatic nitrogens is 9. The molecule has 0 spiro atoms. The number of benzene rings is 9. The zero-order chi connectivity index (χ0) is 85.2. The van der Waals surface area contributed by atoms with Crippen molar-refractivity contribution < 1.29 is 29.5 Å². The van der Waals surface area contributed by atoms with Crippen molar-refractivity contribution in [3.63, 3.8) is 0 Å². The van der Waals surface area contributed by atoms with Crippen LogP contribution >= 0.6 is 34.4 Å². The van der Waals surface area contributed by atoms with Crippen LogP contribution in [0.2, 0.25) is 6.82 Å². The molecule has 6 N–H and O–H groups in total. The van der Waals surface area contributed by atoms with E-state index >= 15 is 0 Å². The normalized spacial score (nSPS) is 14.9. The van der Waals surface area contributed by atoms with E-state index in [1.807, 2.05) is 191 Å². The van der Waals surface area contributed by atoms with Crippen LogP contribution in [-0.2, 0) is 0 Å². The predicted molar refractivity (Wildman–Crippen MR) is 497 cm³/mol. The highest BCUT2D eigenvalue weighted by molar-refractivity contribution is 14.1. The molecule has 121 heavy (non-hydrogen) atoms. The maximum atomic E-state index is 13.2. The van der Waals surface area contributed by atoms with E-state index in [1.165, 1.54) is 14.0 Å². The fourth-order valence-electron chi connectivity index (χ4n) is 14.5. The van der Waals surface area contributed by atoms with Crippen LogP contribution in [0.15, 0.2) is 270 Å². The monoisotopic (exact) mass is 1770 g/mol. The molecule has 12 aromatic rings. The summed E-state index contributed by atoms with van der Waals surface area (Å²) in [4.78, 5) is 53.6. The van der Waals surface area contributed by atoms with Gasteiger partial charge in [0.2, 0.25) is 0 Å². The Morgan fingerprint density at radius 2 is 0.512 bits per heavy atom. The Labute approximate surface area is 726 Å². The minimum Gasteiger partial charge on any atom is -0.508 e. The number of anilines is 6. The van der Waals surface area contributed by atoms with Gasteiger partial charge in [0.25, 0.3) is 0 Å². The first-order chi connectivity index (χ1) is 58.7. The topological polar surface area (TPSA) is 263 Å². The van der Waals surface area contributed by atoms with Crippen molar-refractivity contribution in [3.8, 4) is 51.6 Å². The van der Waals surface area contributed by atoms with Crippen molar-refractivity contribution in [3.05, 3.63) is 287 Å². The Morgan fingerprint density at radius 1 is 0.331 bits per heavy atom. The van der Waals surface area contributed by atoms with Crippen molar-refractivity contribution in [2.24, 2.45) is 0 Å². The number of nitrogens with one attached hydrogen (secondary N) is 3. The van der Waals surface area contributed by atoms with Crippen LogP contribution in [0.4, 0.5) is 34.1 Å². The standard InChI is InChI=1S/3C30H36N6O3.CH3BIS/c3*1-23(31-16-21-39-29-6-4-3-5-7-29)24(2)36-30(38)35(22-32-36)27-10-8-25(9-11-27)33-17-19-34(20-18-33)26-12-14-28(37)15-13-26;1-2(3)4/h3*3-15,22-24,31,37H,16-21H2,1-2H3;1H3/q;;;-1/t23-,24+;2*23-,24-;/m110./s1. The number of piperazine rings is 3. The fourth-order valence-corrected chi connectivity index (χ4v) is 14.5. The highest BCUT2D eigenvalue weighted by Crippen LogP contribution is 2.29. The summed E-state index contributed by atoms with van der Waals surface area (Å²) in [7, 11) is 0. The van der Waals surface area contributed by atoms with E-state index in [2.05, 4.69) is 152 Å². The number of halogens is 1. The molecule has 27 nitrogen and oxygen atoms in total. The fraction of sp³-hybridized carbons (Fsp3) is 0.341. The van der Waals surface area contributed by atoms with Crippen molar-refractivity contribution in [2.45, 2.75) is 84.6 Å².